The van der Waals surface area contributed by atoms with Crippen LogP contribution in [0.3, 0.4) is 0 Å². The van der Waals surface area contributed by atoms with E-state index in [-0.39, 0.29) is 32.1 Å². The van der Waals surface area contributed by atoms with E-state index in [4.69, 9.17) is 14.2 Å². The first-order valence-electron chi connectivity index (χ1n) is 10.0. The molecule has 2 aromatic rings. The molecule has 0 aliphatic carbocycles. The van der Waals surface area contributed by atoms with Crippen LogP contribution in [-0.2, 0) is 4.79 Å². The van der Waals surface area contributed by atoms with E-state index in [9.17, 15) is 22.8 Å². The lowest BCUT2D eigenvalue weighted by Gasteiger charge is -2.36. The minimum atomic E-state index is -4.86. The molecule has 1 heterocycles. The zero-order valence-electron chi connectivity index (χ0n) is 18.4. The van der Waals surface area contributed by atoms with Crippen LogP contribution in [0.1, 0.15) is 10.4 Å². The van der Waals surface area contributed by atoms with Crippen molar-refractivity contribution in [3.8, 4) is 17.2 Å². The number of methoxy groups -OCH3 is 3. The van der Waals surface area contributed by atoms with E-state index in [1.165, 1.54) is 33.5 Å². The van der Waals surface area contributed by atoms with Crippen molar-refractivity contribution in [3.05, 3.63) is 42.0 Å². The molecule has 33 heavy (non-hydrogen) atoms. The number of ether oxygens (including phenoxy) is 3. The number of hydrogen-bond acceptors (Lipinski definition) is 6. The summed E-state index contributed by atoms with van der Waals surface area (Å²) in [5, 5.41) is 2.78. The molecule has 11 heteroatoms. The summed E-state index contributed by atoms with van der Waals surface area (Å²) in [6, 6.07) is 9.97. The normalized spacial score (nSPS) is 14.0. The van der Waals surface area contributed by atoms with E-state index in [0.29, 0.717) is 28.5 Å². The van der Waals surface area contributed by atoms with Crippen molar-refractivity contribution >= 4 is 23.2 Å². The molecule has 178 valence electrons. The summed E-state index contributed by atoms with van der Waals surface area (Å²) in [6.07, 6.45) is -4.86. The molecule has 0 atom stereocenters. The van der Waals surface area contributed by atoms with Crippen molar-refractivity contribution in [2.24, 2.45) is 0 Å². The van der Waals surface area contributed by atoms with Gasteiger partial charge in [0.05, 0.1) is 21.3 Å². The molecule has 0 aromatic heterocycles. The first-order valence-corrected chi connectivity index (χ1v) is 10.0. The van der Waals surface area contributed by atoms with Crippen LogP contribution < -0.4 is 24.4 Å². The number of benzene rings is 2. The first-order chi connectivity index (χ1) is 15.7. The molecule has 0 bridgehead atoms. The first kappa shape index (κ1) is 24.0. The van der Waals surface area contributed by atoms with Crippen LogP contribution in [-0.4, -0.2) is 70.4 Å². The molecule has 1 N–H and O–H groups in total. The standard InChI is InChI=1S/C22H24F3N3O5/c1-31-17-12-14(13-18(32-2)19(17)33-3)20(29)26-15-4-6-16(7-5-15)27-8-10-28(11-9-27)21(30)22(23,24)25/h4-7,12-13H,8-11H2,1-3H3,(H,26,29). The third-order valence-electron chi connectivity index (χ3n) is 5.23. The van der Waals surface area contributed by atoms with E-state index in [2.05, 4.69) is 5.32 Å². The second kappa shape index (κ2) is 9.88. The number of amides is 2. The summed E-state index contributed by atoms with van der Waals surface area (Å²) in [5.41, 5.74) is 1.61. The van der Waals surface area contributed by atoms with Crippen molar-refractivity contribution in [3.63, 3.8) is 0 Å². The smallest absolute Gasteiger partial charge is 0.471 e. The number of alkyl halides is 3. The van der Waals surface area contributed by atoms with Gasteiger partial charge in [-0.1, -0.05) is 0 Å². The van der Waals surface area contributed by atoms with Crippen LogP contribution in [0.2, 0.25) is 0 Å². The minimum Gasteiger partial charge on any atom is -0.493 e. The van der Waals surface area contributed by atoms with Gasteiger partial charge in [-0.3, -0.25) is 9.59 Å². The molecule has 0 unspecified atom stereocenters. The molecule has 3 rings (SSSR count). The topological polar surface area (TPSA) is 80.3 Å². The fourth-order valence-electron chi connectivity index (χ4n) is 3.52. The number of anilines is 2. The van der Waals surface area contributed by atoms with Gasteiger partial charge in [-0.05, 0) is 36.4 Å². The van der Waals surface area contributed by atoms with Crippen LogP contribution in [0.4, 0.5) is 24.5 Å². The van der Waals surface area contributed by atoms with Crippen LogP contribution in [0.15, 0.2) is 36.4 Å². The van der Waals surface area contributed by atoms with E-state index < -0.39 is 12.1 Å². The second-order valence-electron chi connectivity index (χ2n) is 7.19. The van der Waals surface area contributed by atoms with Crippen LogP contribution in [0.25, 0.3) is 0 Å². The molecule has 0 radical (unpaired) electrons. The van der Waals surface area contributed by atoms with Gasteiger partial charge in [-0.2, -0.15) is 13.2 Å². The van der Waals surface area contributed by atoms with Crippen LogP contribution in [0.5, 0.6) is 17.2 Å². The number of hydrogen-bond donors (Lipinski definition) is 1. The number of piperazine rings is 1. The molecule has 2 aromatic carbocycles. The lowest BCUT2D eigenvalue weighted by molar-refractivity contribution is -0.185. The molecule has 1 fully saturated rings. The fourth-order valence-corrected chi connectivity index (χ4v) is 3.52. The Morgan fingerprint density at radius 1 is 0.879 bits per heavy atom. The molecule has 1 aliphatic heterocycles. The Bertz CT molecular complexity index is 978. The predicted molar refractivity (Wildman–Crippen MR) is 115 cm³/mol. The Hall–Kier alpha value is -3.63. The van der Waals surface area contributed by atoms with Crippen molar-refractivity contribution in [2.45, 2.75) is 6.18 Å². The van der Waals surface area contributed by atoms with Crippen LogP contribution in [0, 0.1) is 0 Å². The number of halogens is 3. The largest absolute Gasteiger partial charge is 0.493 e. The Morgan fingerprint density at radius 2 is 1.42 bits per heavy atom. The van der Waals surface area contributed by atoms with Gasteiger partial charge in [0.15, 0.2) is 11.5 Å². The minimum absolute atomic E-state index is 0.0159. The van der Waals surface area contributed by atoms with Gasteiger partial charge in [-0.25, -0.2) is 0 Å². The maximum atomic E-state index is 12.7. The van der Waals surface area contributed by atoms with Crippen molar-refractivity contribution in [1.29, 1.82) is 0 Å². The summed E-state index contributed by atoms with van der Waals surface area (Å²) in [6.45, 7) is 0.522. The van der Waals surface area contributed by atoms with E-state index in [1.807, 2.05) is 4.90 Å². The third kappa shape index (κ3) is 5.41. The van der Waals surface area contributed by atoms with Gasteiger partial charge in [0, 0.05) is 43.1 Å². The predicted octanol–water partition coefficient (Wildman–Crippen LogP) is 3.18. The number of rotatable bonds is 6. The summed E-state index contributed by atoms with van der Waals surface area (Å²) in [5.74, 6) is -1.13. The highest BCUT2D eigenvalue weighted by atomic mass is 19.4. The molecular weight excluding hydrogens is 443 g/mol. The Morgan fingerprint density at radius 3 is 1.88 bits per heavy atom. The number of carbonyl (C=O) groups excluding carboxylic acids is 2. The average Bonchev–Trinajstić information content (AvgIpc) is 2.82. The summed E-state index contributed by atoms with van der Waals surface area (Å²) in [7, 11) is 4.38. The lowest BCUT2D eigenvalue weighted by atomic mass is 10.1. The zero-order chi connectivity index (χ0) is 24.2. The van der Waals surface area contributed by atoms with Crippen molar-refractivity contribution < 1.29 is 37.0 Å². The Labute approximate surface area is 188 Å². The highest BCUT2D eigenvalue weighted by Gasteiger charge is 2.43. The number of nitrogens with zero attached hydrogens (tertiary/aromatic N) is 2. The Kier molecular flexibility index (Phi) is 7.19. The lowest BCUT2D eigenvalue weighted by Crippen LogP contribution is -2.52. The highest BCUT2D eigenvalue weighted by molar-refractivity contribution is 6.05. The molecule has 8 nitrogen and oxygen atoms in total. The molecule has 0 saturated carbocycles. The van der Waals surface area contributed by atoms with E-state index in [0.717, 1.165) is 10.6 Å². The summed E-state index contributed by atoms with van der Waals surface area (Å²) in [4.78, 5) is 26.8. The number of carbonyl (C=O) groups is 2. The third-order valence-corrected chi connectivity index (χ3v) is 5.23. The maximum absolute atomic E-state index is 12.7. The van der Waals surface area contributed by atoms with E-state index in [1.54, 1.807) is 24.3 Å². The van der Waals surface area contributed by atoms with E-state index >= 15 is 0 Å². The monoisotopic (exact) mass is 467 g/mol. The molecular formula is C22H24F3N3O5. The summed E-state index contributed by atoms with van der Waals surface area (Å²) < 4.78 is 53.6. The maximum Gasteiger partial charge on any atom is 0.471 e. The Balaban J connectivity index is 1.65. The van der Waals surface area contributed by atoms with Gasteiger partial charge in [0.2, 0.25) is 5.75 Å². The zero-order valence-corrected chi connectivity index (χ0v) is 18.4. The molecule has 0 spiro atoms. The van der Waals surface area contributed by atoms with Crippen molar-refractivity contribution in [1.82, 2.24) is 4.90 Å². The molecule has 2 amide bonds. The van der Waals surface area contributed by atoms with Gasteiger partial charge in [0.25, 0.3) is 5.91 Å². The number of nitrogens with one attached hydrogen (secondary N) is 1. The highest BCUT2D eigenvalue weighted by Crippen LogP contribution is 2.38. The SMILES string of the molecule is COc1cc(C(=O)Nc2ccc(N3CCN(C(=O)C(F)(F)F)CC3)cc2)cc(OC)c1OC. The molecule has 1 aliphatic rings. The average molecular weight is 467 g/mol. The quantitative estimate of drug-likeness (QED) is 0.703. The van der Waals surface area contributed by atoms with Crippen LogP contribution >= 0.6 is 0 Å². The summed E-state index contributed by atoms with van der Waals surface area (Å²) >= 11 is 0. The van der Waals surface area contributed by atoms with Gasteiger partial charge >= 0.3 is 12.1 Å². The van der Waals surface area contributed by atoms with Gasteiger partial charge < -0.3 is 29.3 Å². The second-order valence-corrected chi connectivity index (χ2v) is 7.19. The van der Waals surface area contributed by atoms with Gasteiger partial charge in [-0.15, -0.1) is 0 Å². The fraction of sp³-hybridized carbons (Fsp3) is 0.364. The van der Waals surface area contributed by atoms with Crippen molar-refractivity contribution in [2.75, 3.05) is 57.7 Å². The molecule has 1 saturated heterocycles. The van der Waals surface area contributed by atoms with Gasteiger partial charge in [0.1, 0.15) is 0 Å².